The van der Waals surface area contributed by atoms with Crippen LogP contribution < -0.4 is 15.8 Å². The maximum atomic E-state index is 12.7. The fraction of sp³-hybridized carbons (Fsp3) is 0.0909. The number of H-pyrrole nitrogens is 1. The Bertz CT molecular complexity index is 1240. The van der Waals surface area contributed by atoms with Crippen molar-refractivity contribution in [1.29, 1.82) is 0 Å². The van der Waals surface area contributed by atoms with E-state index in [4.69, 9.17) is 9.15 Å². The molecule has 6 heteroatoms. The highest BCUT2D eigenvalue weighted by molar-refractivity contribution is 6.05. The maximum absolute atomic E-state index is 12.7. The van der Waals surface area contributed by atoms with E-state index in [1.165, 1.54) is 0 Å². The molecule has 0 atom stereocenters. The largest absolute Gasteiger partial charge is 0.496 e. The minimum atomic E-state index is -0.532. The van der Waals surface area contributed by atoms with E-state index >= 15 is 0 Å². The molecule has 140 valence electrons. The van der Waals surface area contributed by atoms with Gasteiger partial charge in [0.15, 0.2) is 5.58 Å². The molecule has 0 aliphatic carbocycles. The predicted octanol–water partition coefficient (Wildman–Crippen LogP) is 4.36. The molecule has 4 rings (SSSR count). The van der Waals surface area contributed by atoms with Crippen molar-refractivity contribution in [2.45, 2.75) is 6.92 Å². The van der Waals surface area contributed by atoms with Crippen LogP contribution in [0.25, 0.3) is 22.2 Å². The molecule has 0 aliphatic heterocycles. The van der Waals surface area contributed by atoms with Gasteiger partial charge in [-0.25, -0.2) is 4.79 Å². The molecule has 4 aromatic rings. The zero-order valence-electron chi connectivity index (χ0n) is 15.4. The Balaban J connectivity index is 1.62. The van der Waals surface area contributed by atoms with Crippen molar-refractivity contribution in [1.82, 2.24) is 4.98 Å². The smallest absolute Gasteiger partial charge is 0.417 e. The van der Waals surface area contributed by atoms with Gasteiger partial charge >= 0.3 is 5.76 Å². The summed E-state index contributed by atoms with van der Waals surface area (Å²) in [5.41, 5.74) is 5.04. The van der Waals surface area contributed by atoms with Gasteiger partial charge in [-0.1, -0.05) is 29.8 Å². The summed E-state index contributed by atoms with van der Waals surface area (Å²) >= 11 is 0. The normalized spacial score (nSPS) is 10.8. The van der Waals surface area contributed by atoms with E-state index in [9.17, 15) is 9.59 Å². The molecular weight excluding hydrogens is 356 g/mol. The average Bonchev–Trinajstić information content (AvgIpc) is 3.06. The summed E-state index contributed by atoms with van der Waals surface area (Å²) in [7, 11) is 1.58. The first-order chi connectivity index (χ1) is 13.5. The molecule has 1 heterocycles. The van der Waals surface area contributed by atoms with Gasteiger partial charge < -0.3 is 14.5 Å². The van der Waals surface area contributed by atoms with Gasteiger partial charge in [-0.2, -0.15) is 0 Å². The highest BCUT2D eigenvalue weighted by atomic mass is 16.5. The average molecular weight is 374 g/mol. The molecule has 0 radical (unpaired) electrons. The number of hydrogen-bond acceptors (Lipinski definition) is 4. The number of methoxy groups -OCH3 is 1. The molecule has 0 bridgehead atoms. The molecule has 2 N–H and O–H groups in total. The second-order valence-electron chi connectivity index (χ2n) is 6.46. The number of hydrogen-bond donors (Lipinski definition) is 2. The summed E-state index contributed by atoms with van der Waals surface area (Å²) in [6.45, 7) is 2.03. The van der Waals surface area contributed by atoms with Crippen LogP contribution in [0.2, 0.25) is 0 Å². The minimum Gasteiger partial charge on any atom is -0.496 e. The monoisotopic (exact) mass is 374 g/mol. The van der Waals surface area contributed by atoms with Crippen LogP contribution in [-0.4, -0.2) is 18.0 Å². The van der Waals surface area contributed by atoms with Crippen molar-refractivity contribution in [3.8, 4) is 16.9 Å². The van der Waals surface area contributed by atoms with E-state index in [1.807, 2.05) is 31.2 Å². The molecule has 3 aromatic carbocycles. The third-order valence-corrected chi connectivity index (χ3v) is 4.47. The van der Waals surface area contributed by atoms with Crippen LogP contribution in [0.5, 0.6) is 5.75 Å². The second-order valence-corrected chi connectivity index (χ2v) is 6.46. The Labute approximate surface area is 160 Å². The molecule has 0 unspecified atom stereocenters. The van der Waals surface area contributed by atoms with E-state index in [1.54, 1.807) is 37.4 Å². The number of ether oxygens (including phenoxy) is 1. The number of oxazole rings is 1. The van der Waals surface area contributed by atoms with Gasteiger partial charge in [-0.3, -0.25) is 9.78 Å². The Morgan fingerprint density at radius 2 is 1.93 bits per heavy atom. The number of aryl methyl sites for hydroxylation is 1. The third-order valence-electron chi connectivity index (χ3n) is 4.47. The zero-order valence-corrected chi connectivity index (χ0v) is 15.4. The van der Waals surface area contributed by atoms with Crippen LogP contribution in [-0.2, 0) is 0 Å². The maximum Gasteiger partial charge on any atom is 0.417 e. The van der Waals surface area contributed by atoms with E-state index in [0.29, 0.717) is 28.1 Å². The first kappa shape index (κ1) is 17.6. The first-order valence-electron chi connectivity index (χ1n) is 8.73. The van der Waals surface area contributed by atoms with Crippen molar-refractivity contribution < 1.29 is 13.9 Å². The minimum absolute atomic E-state index is 0.286. The Morgan fingerprint density at radius 1 is 1.07 bits per heavy atom. The molecule has 6 nitrogen and oxygen atoms in total. The van der Waals surface area contributed by atoms with Gasteiger partial charge in [0.1, 0.15) is 5.75 Å². The van der Waals surface area contributed by atoms with E-state index in [2.05, 4.69) is 16.4 Å². The Morgan fingerprint density at radius 3 is 2.71 bits per heavy atom. The number of rotatable bonds is 4. The van der Waals surface area contributed by atoms with Crippen molar-refractivity contribution in [2.24, 2.45) is 0 Å². The number of carbonyl (C=O) groups excluding carboxylic acids is 1. The summed E-state index contributed by atoms with van der Waals surface area (Å²) in [6, 6.07) is 18.4. The SMILES string of the molecule is COc1cc(C(=O)Nc2ccc3[nH]c(=O)oc3c2)ccc1-c1cccc(C)c1. The van der Waals surface area contributed by atoms with Crippen molar-refractivity contribution >= 4 is 22.7 Å². The number of fused-ring (bicyclic) bond motifs is 1. The van der Waals surface area contributed by atoms with Crippen LogP contribution in [0.15, 0.2) is 69.9 Å². The zero-order chi connectivity index (χ0) is 19.7. The summed E-state index contributed by atoms with van der Waals surface area (Å²) < 4.78 is 10.5. The molecule has 1 aromatic heterocycles. The predicted molar refractivity (Wildman–Crippen MR) is 108 cm³/mol. The third kappa shape index (κ3) is 3.40. The highest BCUT2D eigenvalue weighted by Gasteiger charge is 2.13. The number of aromatic nitrogens is 1. The topological polar surface area (TPSA) is 84.3 Å². The number of benzene rings is 3. The lowest BCUT2D eigenvalue weighted by Gasteiger charge is -2.12. The summed E-state index contributed by atoms with van der Waals surface area (Å²) in [5, 5.41) is 2.81. The quantitative estimate of drug-likeness (QED) is 0.556. The van der Waals surface area contributed by atoms with Crippen LogP contribution in [0, 0.1) is 6.92 Å². The van der Waals surface area contributed by atoms with Crippen LogP contribution in [0.3, 0.4) is 0 Å². The fourth-order valence-corrected chi connectivity index (χ4v) is 3.11. The number of amides is 1. The van der Waals surface area contributed by atoms with Gasteiger partial charge in [-0.05, 0) is 42.8 Å². The van der Waals surface area contributed by atoms with Crippen molar-refractivity contribution in [2.75, 3.05) is 12.4 Å². The fourth-order valence-electron chi connectivity index (χ4n) is 3.11. The summed E-state index contributed by atoms with van der Waals surface area (Å²) in [6.07, 6.45) is 0. The second kappa shape index (κ2) is 7.08. The molecule has 0 spiro atoms. The highest BCUT2D eigenvalue weighted by Crippen LogP contribution is 2.31. The summed E-state index contributed by atoms with van der Waals surface area (Å²) in [4.78, 5) is 26.5. The lowest BCUT2D eigenvalue weighted by Crippen LogP contribution is -2.12. The lowest BCUT2D eigenvalue weighted by atomic mass is 10.0. The molecular formula is C22H18N2O4. The number of carbonyl (C=O) groups is 1. The standard InChI is InChI=1S/C22H18N2O4/c1-13-4-3-5-14(10-13)17-8-6-15(11-19(17)27-2)21(25)23-16-7-9-18-20(12-16)28-22(26)24-18/h3-12H,1-2H3,(H,23,25)(H,24,26). The van der Waals surface area contributed by atoms with Crippen molar-refractivity contribution in [3.63, 3.8) is 0 Å². The van der Waals surface area contributed by atoms with E-state index in [-0.39, 0.29) is 5.91 Å². The van der Waals surface area contributed by atoms with Gasteiger partial charge in [0, 0.05) is 22.9 Å². The summed E-state index contributed by atoms with van der Waals surface area (Å²) in [5.74, 6) is -0.202. The number of nitrogens with one attached hydrogen (secondary N) is 2. The van der Waals surface area contributed by atoms with Crippen molar-refractivity contribution in [3.05, 3.63) is 82.3 Å². The first-order valence-corrected chi connectivity index (χ1v) is 8.73. The molecule has 0 saturated carbocycles. The van der Waals surface area contributed by atoms with Gasteiger partial charge in [-0.15, -0.1) is 0 Å². The number of aromatic amines is 1. The lowest BCUT2D eigenvalue weighted by molar-refractivity contribution is 0.102. The Kier molecular flexibility index (Phi) is 4.45. The molecule has 0 fully saturated rings. The Hall–Kier alpha value is -3.80. The molecule has 0 saturated heterocycles. The molecule has 0 aliphatic rings. The molecule has 1 amide bonds. The number of anilines is 1. The molecule has 28 heavy (non-hydrogen) atoms. The van der Waals surface area contributed by atoms with E-state index < -0.39 is 5.76 Å². The van der Waals surface area contributed by atoms with Gasteiger partial charge in [0.2, 0.25) is 0 Å². The van der Waals surface area contributed by atoms with Gasteiger partial charge in [0.05, 0.1) is 12.6 Å². The van der Waals surface area contributed by atoms with Gasteiger partial charge in [0.25, 0.3) is 5.91 Å². The van der Waals surface area contributed by atoms with Crippen LogP contribution in [0.1, 0.15) is 15.9 Å². The van der Waals surface area contributed by atoms with E-state index in [0.717, 1.165) is 16.7 Å². The van der Waals surface area contributed by atoms with Crippen LogP contribution in [0.4, 0.5) is 5.69 Å². The van der Waals surface area contributed by atoms with Crippen LogP contribution >= 0.6 is 0 Å².